The largest absolute Gasteiger partial charge is 0.321 e. The van der Waals surface area contributed by atoms with Crippen LogP contribution in [0.3, 0.4) is 0 Å². The summed E-state index contributed by atoms with van der Waals surface area (Å²) in [5, 5.41) is 0. The molecule has 3 nitrogen and oxygen atoms in total. The molecule has 0 radical (unpaired) electrons. The number of ketones is 1. The minimum atomic E-state index is -0.534. The van der Waals surface area contributed by atoms with Crippen molar-refractivity contribution in [3.8, 4) is 0 Å². The van der Waals surface area contributed by atoms with Crippen molar-refractivity contribution in [2.24, 2.45) is 11.5 Å². The summed E-state index contributed by atoms with van der Waals surface area (Å²) in [7, 11) is 0. The lowest BCUT2D eigenvalue weighted by Gasteiger charge is -2.12. The van der Waals surface area contributed by atoms with Gasteiger partial charge in [0.15, 0.2) is 5.78 Å². The zero-order valence-electron chi connectivity index (χ0n) is 6.23. The SMILES string of the molecule is NC(CS)C(=O)C(N)CCS. The average Bonchev–Trinajstić information content (AvgIpc) is 2.02. The van der Waals surface area contributed by atoms with Gasteiger partial charge in [-0.2, -0.15) is 25.3 Å². The molecule has 0 spiro atoms. The van der Waals surface area contributed by atoms with E-state index in [2.05, 4.69) is 25.3 Å². The summed E-state index contributed by atoms with van der Waals surface area (Å²) in [5.74, 6) is 0.819. The van der Waals surface area contributed by atoms with E-state index in [0.29, 0.717) is 17.9 Å². The third-order valence-electron chi connectivity index (χ3n) is 1.37. The Hall–Kier alpha value is 0.290. The molecule has 0 aliphatic heterocycles. The van der Waals surface area contributed by atoms with Gasteiger partial charge in [0.1, 0.15) is 0 Å². The van der Waals surface area contributed by atoms with Gasteiger partial charge in [-0.15, -0.1) is 0 Å². The number of nitrogens with two attached hydrogens (primary N) is 2. The number of hydrogen-bond donors (Lipinski definition) is 4. The summed E-state index contributed by atoms with van der Waals surface area (Å²) in [6.07, 6.45) is 0.573. The van der Waals surface area contributed by atoms with Crippen LogP contribution in [0.2, 0.25) is 0 Å². The first-order valence-corrected chi connectivity index (χ1v) is 4.66. The fraction of sp³-hybridized carbons (Fsp3) is 0.833. The lowest BCUT2D eigenvalue weighted by Crippen LogP contribution is -2.44. The Balaban J connectivity index is 3.81. The lowest BCUT2D eigenvalue weighted by molar-refractivity contribution is -0.121. The Morgan fingerprint density at radius 1 is 1.27 bits per heavy atom. The number of Topliss-reactive ketones (excluding diaryl/α,β-unsaturated/α-hetero) is 1. The molecule has 0 saturated heterocycles. The van der Waals surface area contributed by atoms with Gasteiger partial charge in [0.05, 0.1) is 12.1 Å². The first kappa shape index (κ1) is 11.3. The van der Waals surface area contributed by atoms with Crippen LogP contribution in [-0.4, -0.2) is 29.4 Å². The Kier molecular flexibility index (Phi) is 6.03. The molecule has 0 rings (SSSR count). The monoisotopic (exact) mass is 194 g/mol. The molecule has 11 heavy (non-hydrogen) atoms. The molecule has 0 aliphatic carbocycles. The van der Waals surface area contributed by atoms with Gasteiger partial charge in [0, 0.05) is 5.75 Å². The second-order valence-electron chi connectivity index (χ2n) is 2.31. The van der Waals surface area contributed by atoms with Crippen LogP contribution >= 0.6 is 25.3 Å². The van der Waals surface area contributed by atoms with Crippen molar-refractivity contribution in [1.29, 1.82) is 0 Å². The zero-order valence-corrected chi connectivity index (χ0v) is 8.02. The minimum Gasteiger partial charge on any atom is -0.321 e. The Morgan fingerprint density at radius 3 is 2.18 bits per heavy atom. The highest BCUT2D eigenvalue weighted by atomic mass is 32.1. The van der Waals surface area contributed by atoms with E-state index in [9.17, 15) is 4.79 Å². The quantitative estimate of drug-likeness (QED) is 0.444. The van der Waals surface area contributed by atoms with Gasteiger partial charge in [-0.05, 0) is 12.2 Å². The average molecular weight is 194 g/mol. The van der Waals surface area contributed by atoms with E-state index in [1.807, 2.05) is 0 Å². The van der Waals surface area contributed by atoms with E-state index in [1.54, 1.807) is 0 Å². The summed E-state index contributed by atoms with van der Waals surface area (Å²) in [5.41, 5.74) is 10.9. The van der Waals surface area contributed by atoms with E-state index < -0.39 is 12.1 Å². The van der Waals surface area contributed by atoms with E-state index >= 15 is 0 Å². The molecule has 0 amide bonds. The maximum atomic E-state index is 11.1. The fourth-order valence-electron chi connectivity index (χ4n) is 0.646. The van der Waals surface area contributed by atoms with Crippen molar-refractivity contribution in [2.75, 3.05) is 11.5 Å². The summed E-state index contributed by atoms with van der Waals surface area (Å²) < 4.78 is 0. The van der Waals surface area contributed by atoms with Crippen molar-refractivity contribution < 1.29 is 4.79 Å². The van der Waals surface area contributed by atoms with Crippen LogP contribution in [0.15, 0.2) is 0 Å². The number of hydrogen-bond acceptors (Lipinski definition) is 5. The van der Waals surface area contributed by atoms with Gasteiger partial charge in [0.25, 0.3) is 0 Å². The molecular formula is C6H14N2OS2. The van der Waals surface area contributed by atoms with Gasteiger partial charge in [-0.25, -0.2) is 0 Å². The van der Waals surface area contributed by atoms with Crippen molar-refractivity contribution in [2.45, 2.75) is 18.5 Å². The van der Waals surface area contributed by atoms with Crippen LogP contribution in [0.25, 0.3) is 0 Å². The van der Waals surface area contributed by atoms with E-state index in [1.165, 1.54) is 0 Å². The highest BCUT2D eigenvalue weighted by Gasteiger charge is 2.18. The zero-order chi connectivity index (χ0) is 8.85. The Morgan fingerprint density at radius 2 is 1.82 bits per heavy atom. The molecular weight excluding hydrogens is 180 g/mol. The first-order chi connectivity index (χ1) is 5.13. The molecule has 2 atom stereocenters. The highest BCUT2D eigenvalue weighted by molar-refractivity contribution is 7.80. The Bertz CT molecular complexity index is 132. The second kappa shape index (κ2) is 5.88. The number of rotatable bonds is 5. The van der Waals surface area contributed by atoms with Crippen molar-refractivity contribution in [1.82, 2.24) is 0 Å². The van der Waals surface area contributed by atoms with Crippen LogP contribution < -0.4 is 11.5 Å². The first-order valence-electron chi connectivity index (χ1n) is 3.40. The molecule has 0 aromatic heterocycles. The van der Waals surface area contributed by atoms with Gasteiger partial charge in [-0.1, -0.05) is 0 Å². The molecule has 66 valence electrons. The number of thiol groups is 2. The maximum absolute atomic E-state index is 11.1. The lowest BCUT2D eigenvalue weighted by atomic mass is 10.1. The molecule has 0 aromatic rings. The number of carbonyl (C=O) groups is 1. The summed E-state index contributed by atoms with van der Waals surface area (Å²) in [6.45, 7) is 0. The van der Waals surface area contributed by atoms with E-state index in [4.69, 9.17) is 11.5 Å². The minimum absolute atomic E-state index is 0.131. The van der Waals surface area contributed by atoms with Crippen LogP contribution in [0.4, 0.5) is 0 Å². The standard InChI is InChI=1S/C6H14N2OS2/c7-4(1-2-10)6(9)5(8)3-11/h4-5,10-11H,1-3,7-8H2. The topological polar surface area (TPSA) is 69.1 Å². The molecule has 2 unspecified atom stereocenters. The predicted octanol–water partition coefficient (Wildman–Crippen LogP) is -0.540. The highest BCUT2D eigenvalue weighted by Crippen LogP contribution is 1.96. The van der Waals surface area contributed by atoms with Gasteiger partial charge in [-0.3, -0.25) is 4.79 Å². The van der Waals surface area contributed by atoms with E-state index in [0.717, 1.165) is 0 Å². The second-order valence-corrected chi connectivity index (χ2v) is 3.12. The smallest absolute Gasteiger partial charge is 0.166 e. The van der Waals surface area contributed by atoms with Crippen LogP contribution in [-0.2, 0) is 4.79 Å². The molecule has 0 bridgehead atoms. The number of carbonyl (C=O) groups excluding carboxylic acids is 1. The summed E-state index contributed by atoms with van der Waals surface area (Å²) in [4.78, 5) is 11.1. The normalized spacial score (nSPS) is 16.0. The maximum Gasteiger partial charge on any atom is 0.166 e. The molecule has 5 heteroatoms. The van der Waals surface area contributed by atoms with E-state index in [-0.39, 0.29) is 5.78 Å². The van der Waals surface area contributed by atoms with Gasteiger partial charge >= 0.3 is 0 Å². The van der Waals surface area contributed by atoms with Crippen molar-refractivity contribution in [3.05, 3.63) is 0 Å². The molecule has 0 fully saturated rings. The van der Waals surface area contributed by atoms with Crippen LogP contribution in [0.5, 0.6) is 0 Å². The third-order valence-corrected chi connectivity index (χ3v) is 2.02. The summed E-state index contributed by atoms with van der Waals surface area (Å²) >= 11 is 7.86. The van der Waals surface area contributed by atoms with Crippen molar-refractivity contribution in [3.63, 3.8) is 0 Å². The molecule has 0 aliphatic rings. The predicted molar refractivity (Wildman–Crippen MR) is 53.3 cm³/mol. The van der Waals surface area contributed by atoms with Crippen molar-refractivity contribution >= 4 is 31.0 Å². The third kappa shape index (κ3) is 4.00. The fourth-order valence-corrected chi connectivity index (χ4v) is 1.10. The molecule has 0 aromatic carbocycles. The Labute approximate surface area is 77.7 Å². The van der Waals surface area contributed by atoms with Gasteiger partial charge < -0.3 is 11.5 Å². The summed E-state index contributed by atoms with van der Waals surface area (Å²) in [6, 6.07) is -1.01. The molecule has 0 saturated carbocycles. The molecule has 4 N–H and O–H groups in total. The van der Waals surface area contributed by atoms with Gasteiger partial charge in [0.2, 0.25) is 0 Å². The molecule has 0 heterocycles. The van der Waals surface area contributed by atoms with Crippen LogP contribution in [0, 0.1) is 0 Å². The van der Waals surface area contributed by atoms with Crippen LogP contribution in [0.1, 0.15) is 6.42 Å².